The quantitative estimate of drug-likeness (QED) is 0.703. The molecule has 0 aliphatic carbocycles. The molecule has 1 aliphatic heterocycles. The average molecular weight is 456 g/mol. The molecule has 0 saturated carbocycles. The second-order valence-electron chi connectivity index (χ2n) is 8.37. The standard InChI is InChI=1S/C23H29AsN2O3/c1-15(2)23(16(3)4)14-26(22(28)29)12-9-18-13-19(5-6-20(18)23)24-21(27)17-7-10-25-11-8-17/h5-8,10-11,13,15-16,24H,9,12,14H2,1-4H3,(H,28,29). The van der Waals surface area contributed by atoms with Gasteiger partial charge in [-0.25, -0.2) is 0 Å². The number of hydrogen-bond donors (Lipinski definition) is 1. The van der Waals surface area contributed by atoms with Crippen molar-refractivity contribution < 1.29 is 14.7 Å². The third kappa shape index (κ3) is 4.25. The van der Waals surface area contributed by atoms with Gasteiger partial charge in [-0.1, -0.05) is 0 Å². The van der Waals surface area contributed by atoms with E-state index in [1.807, 2.05) is 0 Å². The van der Waals surface area contributed by atoms with Crippen LogP contribution < -0.4 is 4.35 Å². The molecule has 0 bridgehead atoms. The van der Waals surface area contributed by atoms with Gasteiger partial charge in [0.1, 0.15) is 0 Å². The van der Waals surface area contributed by atoms with E-state index in [0.29, 0.717) is 36.9 Å². The summed E-state index contributed by atoms with van der Waals surface area (Å²) < 4.78 is 1.28. The Labute approximate surface area is 179 Å². The van der Waals surface area contributed by atoms with Crippen LogP contribution in [-0.2, 0) is 11.8 Å². The molecule has 1 amide bonds. The fourth-order valence-electron chi connectivity index (χ4n) is 4.59. The summed E-state index contributed by atoms with van der Waals surface area (Å²) in [7, 11) is 0. The van der Waals surface area contributed by atoms with Crippen LogP contribution in [0.25, 0.3) is 0 Å². The van der Waals surface area contributed by atoms with E-state index in [1.54, 1.807) is 29.4 Å². The van der Waals surface area contributed by atoms with Gasteiger partial charge in [-0.3, -0.25) is 0 Å². The van der Waals surface area contributed by atoms with Gasteiger partial charge < -0.3 is 0 Å². The first-order valence-electron chi connectivity index (χ1n) is 10.1. The Morgan fingerprint density at radius 1 is 1.10 bits per heavy atom. The van der Waals surface area contributed by atoms with Crippen LogP contribution in [0.5, 0.6) is 0 Å². The van der Waals surface area contributed by atoms with Crippen molar-refractivity contribution >= 4 is 30.8 Å². The maximum absolute atomic E-state index is 12.7. The summed E-state index contributed by atoms with van der Waals surface area (Å²) >= 11 is -0.981. The molecule has 6 heteroatoms. The number of nitrogens with zero attached hydrogens (tertiary/aromatic N) is 2. The Balaban J connectivity index is 2.00. The Bertz CT molecular complexity index is 888. The Morgan fingerprint density at radius 2 is 1.76 bits per heavy atom. The molecule has 1 aromatic heterocycles. The Kier molecular flexibility index (Phi) is 6.48. The zero-order valence-electron chi connectivity index (χ0n) is 17.5. The van der Waals surface area contributed by atoms with Gasteiger partial charge in [0.25, 0.3) is 0 Å². The normalized spacial score (nSPS) is 16.3. The molecule has 1 aromatic carbocycles. The van der Waals surface area contributed by atoms with Gasteiger partial charge in [-0.05, 0) is 0 Å². The van der Waals surface area contributed by atoms with Gasteiger partial charge in [0.2, 0.25) is 0 Å². The van der Waals surface area contributed by atoms with E-state index in [-0.39, 0.29) is 9.99 Å². The topological polar surface area (TPSA) is 70.5 Å². The summed E-state index contributed by atoms with van der Waals surface area (Å²) in [5.41, 5.74) is 2.92. The summed E-state index contributed by atoms with van der Waals surface area (Å²) in [5, 5.41) is 9.72. The van der Waals surface area contributed by atoms with Crippen molar-refractivity contribution in [2.45, 2.75) is 39.5 Å². The summed E-state index contributed by atoms with van der Waals surface area (Å²) in [4.78, 5) is 30.1. The monoisotopic (exact) mass is 456 g/mol. The molecule has 0 saturated heterocycles. The van der Waals surface area contributed by atoms with Crippen LogP contribution in [0.2, 0.25) is 0 Å². The molecule has 2 aromatic rings. The maximum atomic E-state index is 12.7. The molecular formula is C23H29AsN2O3. The van der Waals surface area contributed by atoms with Crippen LogP contribution in [0.4, 0.5) is 4.79 Å². The first-order chi connectivity index (χ1) is 13.8. The number of carboxylic acid groups (broad SMARTS) is 1. The molecule has 3 rings (SSSR count). The first-order valence-corrected chi connectivity index (χ1v) is 12.2. The summed E-state index contributed by atoms with van der Waals surface area (Å²) in [5.74, 6) is 0.586. The van der Waals surface area contributed by atoms with E-state index in [1.165, 1.54) is 11.1 Å². The minimum atomic E-state index is -0.981. The van der Waals surface area contributed by atoms with Gasteiger partial charge in [-0.2, -0.15) is 0 Å². The number of carbonyl (C=O) groups is 2. The minimum absolute atomic E-state index is 0.187. The molecule has 1 N–H and O–H groups in total. The third-order valence-corrected chi connectivity index (χ3v) is 8.58. The van der Waals surface area contributed by atoms with Crippen molar-refractivity contribution in [1.29, 1.82) is 0 Å². The zero-order valence-corrected chi connectivity index (χ0v) is 19.6. The Morgan fingerprint density at radius 3 is 2.34 bits per heavy atom. The molecule has 0 spiro atoms. The van der Waals surface area contributed by atoms with E-state index in [0.717, 1.165) is 4.35 Å². The number of carbonyl (C=O) groups excluding carboxylic acids is 1. The SMILES string of the molecule is CC(C)C1(C(C)C)CN(C(=O)O)CCc2cc([AsH]C(=O)c3ccncc3)ccc21. The van der Waals surface area contributed by atoms with Gasteiger partial charge in [0.05, 0.1) is 0 Å². The average Bonchev–Trinajstić information content (AvgIpc) is 2.86. The first kappa shape index (κ1) is 21.6. The Hall–Kier alpha value is -2.13. The number of amides is 1. The number of pyridine rings is 1. The van der Waals surface area contributed by atoms with E-state index in [9.17, 15) is 14.7 Å². The molecule has 1 unspecified atom stereocenters. The summed E-state index contributed by atoms with van der Waals surface area (Å²) in [6, 6.07) is 9.96. The molecule has 0 radical (unpaired) electrons. The molecular weight excluding hydrogens is 427 g/mol. The summed E-state index contributed by atoms with van der Waals surface area (Å²) in [6.45, 7) is 9.74. The fourth-order valence-corrected chi connectivity index (χ4v) is 6.66. The number of benzene rings is 1. The van der Waals surface area contributed by atoms with Gasteiger partial charge in [-0.15, -0.1) is 0 Å². The predicted octanol–water partition coefficient (Wildman–Crippen LogP) is 3.07. The van der Waals surface area contributed by atoms with E-state index in [4.69, 9.17) is 0 Å². The molecule has 5 nitrogen and oxygen atoms in total. The number of fused-ring (bicyclic) bond motifs is 1. The van der Waals surface area contributed by atoms with Crippen molar-refractivity contribution in [1.82, 2.24) is 9.88 Å². The van der Waals surface area contributed by atoms with E-state index >= 15 is 0 Å². The predicted molar refractivity (Wildman–Crippen MR) is 116 cm³/mol. The molecule has 1 atom stereocenters. The second-order valence-corrected chi connectivity index (χ2v) is 11.1. The van der Waals surface area contributed by atoms with Crippen molar-refractivity contribution in [3.05, 3.63) is 59.4 Å². The van der Waals surface area contributed by atoms with Crippen LogP contribution in [-0.4, -0.2) is 54.5 Å². The van der Waals surface area contributed by atoms with Crippen molar-refractivity contribution in [2.24, 2.45) is 11.8 Å². The second kappa shape index (κ2) is 8.71. The van der Waals surface area contributed by atoms with Crippen LogP contribution >= 0.6 is 0 Å². The molecule has 29 heavy (non-hydrogen) atoms. The fraction of sp³-hybridized carbons (Fsp3) is 0.435. The molecule has 2 heterocycles. The number of hydrogen-bond acceptors (Lipinski definition) is 3. The number of aromatic nitrogens is 1. The van der Waals surface area contributed by atoms with Gasteiger partial charge >= 0.3 is 179 Å². The van der Waals surface area contributed by atoms with Crippen LogP contribution in [0.3, 0.4) is 0 Å². The molecule has 0 fully saturated rings. The molecule has 154 valence electrons. The summed E-state index contributed by atoms with van der Waals surface area (Å²) in [6.07, 6.45) is 3.13. The zero-order chi connectivity index (χ0) is 21.2. The van der Waals surface area contributed by atoms with Crippen molar-refractivity contribution in [3.8, 4) is 0 Å². The number of rotatable bonds is 5. The van der Waals surface area contributed by atoms with Crippen molar-refractivity contribution in [3.63, 3.8) is 0 Å². The van der Waals surface area contributed by atoms with E-state index < -0.39 is 21.8 Å². The van der Waals surface area contributed by atoms with E-state index in [2.05, 4.69) is 50.9 Å². The van der Waals surface area contributed by atoms with Gasteiger partial charge in [0, 0.05) is 0 Å². The van der Waals surface area contributed by atoms with Crippen LogP contribution in [0.1, 0.15) is 49.2 Å². The van der Waals surface area contributed by atoms with Crippen LogP contribution in [0, 0.1) is 11.8 Å². The molecule has 1 aliphatic rings. The van der Waals surface area contributed by atoms with Gasteiger partial charge in [0.15, 0.2) is 0 Å². The van der Waals surface area contributed by atoms with Crippen molar-refractivity contribution in [2.75, 3.05) is 13.1 Å². The third-order valence-electron chi connectivity index (χ3n) is 6.24. The van der Waals surface area contributed by atoms with Crippen LogP contribution in [0.15, 0.2) is 42.7 Å².